The number of rotatable bonds is 9. The van der Waals surface area contributed by atoms with Crippen LogP contribution in [0, 0.1) is 0 Å². The molecular formula is C15H28N4O. The maximum Gasteiger partial charge on any atom is 0.150 e. The van der Waals surface area contributed by atoms with Gasteiger partial charge in [0.1, 0.15) is 5.82 Å². The number of nitrogens with one attached hydrogen (secondary N) is 1. The normalized spacial score (nSPS) is 18.2. The Bertz CT molecular complexity index is 428. The highest BCUT2D eigenvalue weighted by Crippen LogP contribution is 2.24. The van der Waals surface area contributed by atoms with Gasteiger partial charge in [-0.15, -0.1) is 0 Å². The summed E-state index contributed by atoms with van der Waals surface area (Å²) in [5.41, 5.74) is -0.151. The maximum atomic E-state index is 9.60. The Morgan fingerprint density at radius 3 is 2.65 bits per heavy atom. The molecule has 0 radical (unpaired) electrons. The number of aliphatic hydroxyl groups excluding tert-OH is 1. The summed E-state index contributed by atoms with van der Waals surface area (Å²) in [5.74, 6) is 2.01. The van der Waals surface area contributed by atoms with Crippen LogP contribution in [0.25, 0.3) is 0 Å². The second-order valence-corrected chi connectivity index (χ2v) is 6.12. The molecule has 1 atom stereocenters. The van der Waals surface area contributed by atoms with Crippen LogP contribution in [0.15, 0.2) is 0 Å². The Morgan fingerprint density at radius 2 is 2.10 bits per heavy atom. The zero-order valence-electron chi connectivity index (χ0n) is 13.0. The van der Waals surface area contributed by atoms with Crippen molar-refractivity contribution >= 4 is 0 Å². The minimum absolute atomic E-state index is 0.151. The fourth-order valence-electron chi connectivity index (χ4n) is 2.55. The molecule has 1 aromatic rings. The van der Waals surface area contributed by atoms with E-state index in [-0.39, 0.29) is 12.1 Å². The Morgan fingerprint density at radius 1 is 1.35 bits per heavy atom. The molecule has 0 bridgehead atoms. The number of aliphatic hydroxyl groups is 1. The van der Waals surface area contributed by atoms with E-state index in [0.717, 1.165) is 43.9 Å². The summed E-state index contributed by atoms with van der Waals surface area (Å²) >= 11 is 0. The monoisotopic (exact) mass is 280 g/mol. The second-order valence-electron chi connectivity index (χ2n) is 6.12. The molecule has 1 aliphatic rings. The van der Waals surface area contributed by atoms with Crippen LogP contribution in [-0.4, -0.2) is 38.1 Å². The van der Waals surface area contributed by atoms with Crippen LogP contribution < -0.4 is 5.32 Å². The van der Waals surface area contributed by atoms with Crippen molar-refractivity contribution in [1.82, 2.24) is 20.1 Å². The molecule has 1 unspecified atom stereocenters. The van der Waals surface area contributed by atoms with E-state index in [1.54, 1.807) is 0 Å². The van der Waals surface area contributed by atoms with E-state index in [9.17, 15) is 5.11 Å². The smallest absolute Gasteiger partial charge is 0.150 e. The van der Waals surface area contributed by atoms with Crippen LogP contribution in [0.2, 0.25) is 0 Å². The fourth-order valence-corrected chi connectivity index (χ4v) is 2.55. The summed E-state index contributed by atoms with van der Waals surface area (Å²) in [4.78, 5) is 4.53. The molecule has 1 fully saturated rings. The van der Waals surface area contributed by atoms with E-state index < -0.39 is 0 Å². The van der Waals surface area contributed by atoms with Gasteiger partial charge in [-0.25, -0.2) is 9.67 Å². The SMILES string of the molecule is CCc1nc(CC)n(CCCC(C)(CO)NC2CC2)n1. The number of nitrogens with zero attached hydrogens (tertiary/aromatic N) is 3. The van der Waals surface area contributed by atoms with Gasteiger partial charge in [0, 0.05) is 31.0 Å². The van der Waals surface area contributed by atoms with Crippen molar-refractivity contribution in [1.29, 1.82) is 0 Å². The zero-order valence-corrected chi connectivity index (χ0v) is 13.0. The van der Waals surface area contributed by atoms with Crippen LogP contribution >= 0.6 is 0 Å². The first-order valence-electron chi connectivity index (χ1n) is 7.91. The van der Waals surface area contributed by atoms with Gasteiger partial charge in [0.2, 0.25) is 0 Å². The first-order valence-corrected chi connectivity index (χ1v) is 7.91. The van der Waals surface area contributed by atoms with Gasteiger partial charge in [-0.2, -0.15) is 5.10 Å². The summed E-state index contributed by atoms with van der Waals surface area (Å²) in [6, 6.07) is 0.622. The van der Waals surface area contributed by atoms with E-state index >= 15 is 0 Å². The maximum absolute atomic E-state index is 9.60. The predicted octanol–water partition coefficient (Wildman–Crippen LogP) is 1.69. The van der Waals surface area contributed by atoms with Crippen LogP contribution in [0.4, 0.5) is 0 Å². The summed E-state index contributed by atoms with van der Waals surface area (Å²) in [7, 11) is 0. The fraction of sp³-hybridized carbons (Fsp3) is 0.867. The Kier molecular flexibility index (Phi) is 5.16. The van der Waals surface area contributed by atoms with Crippen LogP contribution in [0.1, 0.15) is 58.1 Å². The van der Waals surface area contributed by atoms with Crippen molar-refractivity contribution in [3.8, 4) is 0 Å². The average molecular weight is 280 g/mol. The molecule has 2 N–H and O–H groups in total. The van der Waals surface area contributed by atoms with Gasteiger partial charge in [-0.3, -0.25) is 0 Å². The van der Waals surface area contributed by atoms with Gasteiger partial charge in [-0.1, -0.05) is 13.8 Å². The van der Waals surface area contributed by atoms with Crippen molar-refractivity contribution in [2.75, 3.05) is 6.61 Å². The number of hydrogen-bond acceptors (Lipinski definition) is 4. The topological polar surface area (TPSA) is 63.0 Å². The third-order valence-corrected chi connectivity index (χ3v) is 4.00. The summed E-state index contributed by atoms with van der Waals surface area (Å²) < 4.78 is 2.04. The van der Waals surface area contributed by atoms with E-state index in [2.05, 4.69) is 36.2 Å². The van der Waals surface area contributed by atoms with E-state index in [4.69, 9.17) is 0 Å². The average Bonchev–Trinajstić information content (AvgIpc) is 3.16. The van der Waals surface area contributed by atoms with Crippen molar-refractivity contribution in [3.05, 3.63) is 11.6 Å². The number of aromatic nitrogens is 3. The molecule has 1 aromatic heterocycles. The van der Waals surface area contributed by atoms with Crippen molar-refractivity contribution in [3.63, 3.8) is 0 Å². The molecule has 114 valence electrons. The predicted molar refractivity (Wildman–Crippen MR) is 79.7 cm³/mol. The summed E-state index contributed by atoms with van der Waals surface area (Å²) in [6.45, 7) is 7.40. The van der Waals surface area contributed by atoms with E-state index in [1.807, 2.05) is 4.68 Å². The minimum atomic E-state index is -0.151. The lowest BCUT2D eigenvalue weighted by Gasteiger charge is -2.29. The molecule has 0 saturated heterocycles. The highest BCUT2D eigenvalue weighted by Gasteiger charge is 2.31. The lowest BCUT2D eigenvalue weighted by Crippen LogP contribution is -2.47. The van der Waals surface area contributed by atoms with Gasteiger partial charge >= 0.3 is 0 Å². The van der Waals surface area contributed by atoms with E-state index in [0.29, 0.717) is 6.04 Å². The van der Waals surface area contributed by atoms with Crippen LogP contribution in [0.5, 0.6) is 0 Å². The van der Waals surface area contributed by atoms with Gasteiger partial charge in [0.15, 0.2) is 5.82 Å². The first-order chi connectivity index (χ1) is 9.60. The third-order valence-electron chi connectivity index (χ3n) is 4.00. The van der Waals surface area contributed by atoms with Gasteiger partial charge in [0.25, 0.3) is 0 Å². The zero-order chi connectivity index (χ0) is 14.6. The van der Waals surface area contributed by atoms with Crippen molar-refractivity contribution < 1.29 is 5.11 Å². The lowest BCUT2D eigenvalue weighted by molar-refractivity contribution is 0.159. The van der Waals surface area contributed by atoms with Crippen molar-refractivity contribution in [2.24, 2.45) is 0 Å². The molecule has 5 heteroatoms. The molecule has 5 nitrogen and oxygen atoms in total. The van der Waals surface area contributed by atoms with Gasteiger partial charge < -0.3 is 10.4 Å². The molecule has 1 heterocycles. The number of hydrogen-bond donors (Lipinski definition) is 2. The Balaban J connectivity index is 1.86. The standard InChI is InChI=1S/C15H28N4O/c1-4-13-16-14(5-2)19(18-13)10-6-9-15(3,11-20)17-12-7-8-12/h12,17,20H,4-11H2,1-3H3. The molecule has 20 heavy (non-hydrogen) atoms. The molecule has 0 spiro atoms. The highest BCUT2D eigenvalue weighted by molar-refractivity contribution is 4.94. The summed E-state index contributed by atoms with van der Waals surface area (Å²) in [5, 5.41) is 17.7. The van der Waals surface area contributed by atoms with Crippen LogP contribution in [0.3, 0.4) is 0 Å². The molecule has 0 aliphatic heterocycles. The quantitative estimate of drug-likeness (QED) is 0.722. The summed E-state index contributed by atoms with van der Waals surface area (Å²) in [6.07, 6.45) is 6.28. The molecular weight excluding hydrogens is 252 g/mol. The first kappa shape index (κ1) is 15.4. The highest BCUT2D eigenvalue weighted by atomic mass is 16.3. The Labute approximate surface area is 121 Å². The lowest BCUT2D eigenvalue weighted by atomic mass is 9.96. The van der Waals surface area contributed by atoms with Gasteiger partial charge in [-0.05, 0) is 32.6 Å². The van der Waals surface area contributed by atoms with Gasteiger partial charge in [0.05, 0.1) is 6.61 Å². The van der Waals surface area contributed by atoms with E-state index in [1.165, 1.54) is 12.8 Å². The molecule has 2 rings (SSSR count). The minimum Gasteiger partial charge on any atom is -0.394 e. The molecule has 1 saturated carbocycles. The van der Waals surface area contributed by atoms with Crippen LogP contribution in [-0.2, 0) is 19.4 Å². The molecule has 1 aliphatic carbocycles. The molecule has 0 aromatic carbocycles. The second kappa shape index (κ2) is 6.68. The third kappa shape index (κ3) is 4.03. The molecule has 0 amide bonds. The largest absolute Gasteiger partial charge is 0.394 e. The number of aryl methyl sites for hydroxylation is 3. The Hall–Kier alpha value is -0.940. The van der Waals surface area contributed by atoms with Crippen molar-refractivity contribution in [2.45, 2.75) is 77.4 Å².